The van der Waals surface area contributed by atoms with Crippen LogP contribution in [0.25, 0.3) is 5.65 Å². The Hall–Kier alpha value is -3.42. The summed E-state index contributed by atoms with van der Waals surface area (Å²) >= 11 is 0. The van der Waals surface area contributed by atoms with Gasteiger partial charge >= 0.3 is 0 Å². The molecule has 0 bridgehead atoms. The van der Waals surface area contributed by atoms with E-state index in [1.54, 1.807) is 22.7 Å². The van der Waals surface area contributed by atoms with Gasteiger partial charge in [0.05, 0.1) is 19.0 Å². The molecule has 0 aliphatic heterocycles. The van der Waals surface area contributed by atoms with E-state index in [1.807, 2.05) is 32.9 Å². The zero-order chi connectivity index (χ0) is 20.3. The molecular weight excluding hydrogens is 358 g/mol. The molecule has 2 amide bonds. The number of likely N-dealkylation sites (N-methyl/N-ethyl adjacent to an activating group) is 1. The van der Waals surface area contributed by atoms with Gasteiger partial charge in [0, 0.05) is 17.9 Å². The number of ether oxygens (including phenoxy) is 1. The Morgan fingerprint density at radius 1 is 1.25 bits per heavy atom. The van der Waals surface area contributed by atoms with Gasteiger partial charge in [0.1, 0.15) is 17.9 Å². The van der Waals surface area contributed by atoms with Crippen LogP contribution >= 0.6 is 0 Å². The molecule has 3 aromatic rings. The highest BCUT2D eigenvalue weighted by molar-refractivity contribution is 6.03. The van der Waals surface area contributed by atoms with E-state index in [0.29, 0.717) is 29.2 Å². The molecule has 8 nitrogen and oxygen atoms in total. The maximum absolute atomic E-state index is 13.0. The van der Waals surface area contributed by atoms with Crippen molar-refractivity contribution in [1.82, 2.24) is 19.5 Å². The third-order valence-electron chi connectivity index (χ3n) is 4.39. The fourth-order valence-electron chi connectivity index (χ4n) is 3.03. The fraction of sp³-hybridized carbons (Fsp3) is 0.300. The summed E-state index contributed by atoms with van der Waals surface area (Å²) in [6.07, 6.45) is 1.50. The number of nitrogens with zero attached hydrogens (tertiary/aromatic N) is 4. The number of aromatic nitrogens is 3. The number of amides is 2. The Bertz CT molecular complexity index is 1030. The van der Waals surface area contributed by atoms with Gasteiger partial charge in [-0.1, -0.05) is 12.1 Å². The van der Waals surface area contributed by atoms with Crippen molar-refractivity contribution in [3.63, 3.8) is 0 Å². The molecular formula is C20H23N5O3. The van der Waals surface area contributed by atoms with Crippen molar-refractivity contribution in [2.24, 2.45) is 0 Å². The summed E-state index contributed by atoms with van der Waals surface area (Å²) in [6, 6.07) is 9.02. The topological polar surface area (TPSA) is 88.8 Å². The van der Waals surface area contributed by atoms with Gasteiger partial charge in [-0.3, -0.25) is 9.59 Å². The van der Waals surface area contributed by atoms with Gasteiger partial charge in [-0.25, -0.2) is 9.50 Å². The molecule has 2 heterocycles. The Balaban J connectivity index is 1.80. The zero-order valence-corrected chi connectivity index (χ0v) is 16.4. The minimum atomic E-state index is -0.309. The van der Waals surface area contributed by atoms with Crippen LogP contribution in [0.1, 0.15) is 28.7 Å². The molecule has 0 saturated heterocycles. The van der Waals surface area contributed by atoms with E-state index >= 15 is 0 Å². The van der Waals surface area contributed by atoms with E-state index in [9.17, 15) is 9.59 Å². The second-order valence-electron chi connectivity index (χ2n) is 6.40. The Labute approximate surface area is 163 Å². The zero-order valence-electron chi connectivity index (χ0n) is 16.4. The number of para-hydroxylation sites is 2. The molecule has 0 fully saturated rings. The molecule has 146 valence electrons. The maximum Gasteiger partial charge on any atom is 0.259 e. The van der Waals surface area contributed by atoms with Crippen LogP contribution in [0.2, 0.25) is 0 Å². The molecule has 1 N–H and O–H groups in total. The Morgan fingerprint density at radius 3 is 2.71 bits per heavy atom. The van der Waals surface area contributed by atoms with Gasteiger partial charge < -0.3 is 15.0 Å². The van der Waals surface area contributed by atoms with Crippen molar-refractivity contribution in [2.75, 3.05) is 25.5 Å². The highest BCUT2D eigenvalue weighted by atomic mass is 16.5. The number of hydrogen-bond acceptors (Lipinski definition) is 5. The Kier molecular flexibility index (Phi) is 5.58. The molecule has 0 radical (unpaired) electrons. The van der Waals surface area contributed by atoms with Gasteiger partial charge in [0.15, 0.2) is 5.65 Å². The predicted octanol–water partition coefficient (Wildman–Crippen LogP) is 2.46. The van der Waals surface area contributed by atoms with E-state index in [2.05, 4.69) is 15.4 Å². The second-order valence-corrected chi connectivity index (χ2v) is 6.40. The van der Waals surface area contributed by atoms with Gasteiger partial charge in [0.25, 0.3) is 5.91 Å². The lowest BCUT2D eigenvalue weighted by Gasteiger charge is -2.20. The lowest BCUT2D eigenvalue weighted by molar-refractivity contribution is -0.116. The van der Waals surface area contributed by atoms with Crippen molar-refractivity contribution in [3.8, 4) is 5.75 Å². The predicted molar refractivity (Wildman–Crippen MR) is 106 cm³/mol. The van der Waals surface area contributed by atoms with Gasteiger partial charge in [-0.15, -0.1) is 0 Å². The number of fused-ring (bicyclic) bond motifs is 1. The molecule has 1 aromatic carbocycles. The maximum atomic E-state index is 13.0. The Morgan fingerprint density at radius 2 is 2.00 bits per heavy atom. The number of nitrogens with one attached hydrogen (secondary N) is 1. The minimum Gasteiger partial charge on any atom is -0.495 e. The molecule has 3 rings (SSSR count). The summed E-state index contributed by atoms with van der Waals surface area (Å²) in [4.78, 5) is 31.4. The molecule has 2 aromatic heterocycles. The lowest BCUT2D eigenvalue weighted by Crippen LogP contribution is -2.38. The molecule has 0 spiro atoms. The quantitative estimate of drug-likeness (QED) is 0.708. The first kappa shape index (κ1) is 19.3. The smallest absolute Gasteiger partial charge is 0.259 e. The molecule has 0 unspecified atom stereocenters. The second kappa shape index (κ2) is 8.08. The number of rotatable bonds is 6. The van der Waals surface area contributed by atoms with Crippen LogP contribution in [0.3, 0.4) is 0 Å². The first-order valence-corrected chi connectivity index (χ1v) is 8.98. The van der Waals surface area contributed by atoms with Crippen molar-refractivity contribution in [1.29, 1.82) is 0 Å². The number of benzene rings is 1. The summed E-state index contributed by atoms with van der Waals surface area (Å²) in [5.74, 6) is -0.0373. The SMILES string of the molecule is CCN(CC(=O)Nc1ccccc1OC)C(=O)c1cnn2c(C)cc(C)nc12. The molecule has 0 saturated carbocycles. The van der Waals surface area contributed by atoms with Crippen LogP contribution in [0, 0.1) is 13.8 Å². The van der Waals surface area contributed by atoms with Crippen LogP contribution in [0.5, 0.6) is 5.75 Å². The number of carbonyl (C=O) groups is 2. The lowest BCUT2D eigenvalue weighted by atomic mass is 10.2. The van der Waals surface area contributed by atoms with Gasteiger partial charge in [0.2, 0.25) is 5.91 Å². The normalized spacial score (nSPS) is 10.7. The summed E-state index contributed by atoms with van der Waals surface area (Å²) in [7, 11) is 1.54. The number of aryl methyl sites for hydroxylation is 2. The first-order valence-electron chi connectivity index (χ1n) is 8.98. The van der Waals surface area contributed by atoms with Crippen LogP contribution < -0.4 is 10.1 Å². The van der Waals surface area contributed by atoms with E-state index in [-0.39, 0.29) is 18.4 Å². The van der Waals surface area contributed by atoms with Crippen LogP contribution in [0.4, 0.5) is 5.69 Å². The molecule has 28 heavy (non-hydrogen) atoms. The minimum absolute atomic E-state index is 0.0878. The summed E-state index contributed by atoms with van der Waals surface area (Å²) in [6.45, 7) is 5.88. The van der Waals surface area contributed by atoms with Crippen LogP contribution in [0.15, 0.2) is 36.5 Å². The standard InChI is InChI=1S/C20H23N5O3/c1-5-24(12-18(26)23-16-8-6-7-9-17(16)28-4)20(27)15-11-21-25-14(3)10-13(2)22-19(15)25/h6-11H,5,12H2,1-4H3,(H,23,26). The van der Waals surface area contributed by atoms with Gasteiger partial charge in [-0.05, 0) is 39.0 Å². The van der Waals surface area contributed by atoms with E-state index < -0.39 is 0 Å². The molecule has 0 aliphatic carbocycles. The van der Waals surface area contributed by atoms with Crippen molar-refractivity contribution < 1.29 is 14.3 Å². The first-order chi connectivity index (χ1) is 13.4. The molecule has 8 heteroatoms. The largest absolute Gasteiger partial charge is 0.495 e. The highest BCUT2D eigenvalue weighted by Gasteiger charge is 2.22. The fourth-order valence-corrected chi connectivity index (χ4v) is 3.03. The van der Waals surface area contributed by atoms with Crippen LogP contribution in [-0.4, -0.2) is 51.5 Å². The number of hydrogen-bond donors (Lipinski definition) is 1. The van der Waals surface area contributed by atoms with E-state index in [0.717, 1.165) is 11.4 Å². The van der Waals surface area contributed by atoms with Crippen molar-refractivity contribution in [3.05, 3.63) is 53.5 Å². The monoisotopic (exact) mass is 381 g/mol. The summed E-state index contributed by atoms with van der Waals surface area (Å²) in [5.41, 5.74) is 3.11. The highest BCUT2D eigenvalue weighted by Crippen LogP contribution is 2.23. The molecule has 0 aliphatic rings. The average Bonchev–Trinajstić information content (AvgIpc) is 3.10. The number of methoxy groups -OCH3 is 1. The van der Waals surface area contributed by atoms with Gasteiger partial charge in [-0.2, -0.15) is 5.10 Å². The number of anilines is 1. The summed E-state index contributed by atoms with van der Waals surface area (Å²) in [5, 5.41) is 7.04. The summed E-state index contributed by atoms with van der Waals surface area (Å²) < 4.78 is 6.87. The third-order valence-corrected chi connectivity index (χ3v) is 4.39. The van der Waals surface area contributed by atoms with E-state index in [1.165, 1.54) is 18.2 Å². The average molecular weight is 381 g/mol. The van der Waals surface area contributed by atoms with E-state index in [4.69, 9.17) is 4.74 Å². The van der Waals surface area contributed by atoms with Crippen molar-refractivity contribution in [2.45, 2.75) is 20.8 Å². The molecule has 0 atom stereocenters. The van der Waals surface area contributed by atoms with Crippen molar-refractivity contribution >= 4 is 23.1 Å². The number of carbonyl (C=O) groups excluding carboxylic acids is 2. The third kappa shape index (κ3) is 3.80. The van der Waals surface area contributed by atoms with Crippen LogP contribution in [-0.2, 0) is 4.79 Å².